The second-order valence-electron chi connectivity index (χ2n) is 3.63. The van der Waals surface area contributed by atoms with Crippen LogP contribution >= 0.6 is 0 Å². The van der Waals surface area contributed by atoms with Gasteiger partial charge >= 0.3 is 0 Å². The zero-order valence-electron chi connectivity index (χ0n) is 9.29. The fourth-order valence-electron chi connectivity index (χ4n) is 1.41. The van der Waals surface area contributed by atoms with Crippen LogP contribution in [0, 0.1) is 0 Å². The minimum absolute atomic E-state index is 1.01. The molecule has 0 spiro atoms. The first-order chi connectivity index (χ1) is 6.86. The maximum Gasteiger partial charge on any atom is 0.0726 e. The Hall–Kier alpha value is -0.990. The van der Waals surface area contributed by atoms with Crippen LogP contribution in [0.1, 0.15) is 39.5 Å². The van der Waals surface area contributed by atoms with Gasteiger partial charge in [0, 0.05) is 19.3 Å². The van der Waals surface area contributed by atoms with Crippen molar-refractivity contribution in [2.45, 2.75) is 46.1 Å². The Morgan fingerprint density at radius 1 is 1.29 bits per heavy atom. The number of nitrogens with one attached hydrogen (secondary N) is 1. The van der Waals surface area contributed by atoms with E-state index in [0.717, 1.165) is 25.2 Å². The van der Waals surface area contributed by atoms with E-state index in [1.807, 2.05) is 10.9 Å². The summed E-state index contributed by atoms with van der Waals surface area (Å²) in [5.74, 6) is 0. The third-order valence-corrected chi connectivity index (χ3v) is 2.20. The van der Waals surface area contributed by atoms with E-state index in [0.29, 0.717) is 0 Å². The minimum atomic E-state index is 1.01. The van der Waals surface area contributed by atoms with Gasteiger partial charge in [0.25, 0.3) is 0 Å². The maximum absolute atomic E-state index is 4.26. The zero-order chi connectivity index (χ0) is 10.2. The Kier molecular flexibility index (Phi) is 5.12. The largest absolute Gasteiger partial charge is 0.383 e. The number of rotatable bonds is 7. The van der Waals surface area contributed by atoms with Crippen molar-refractivity contribution in [3.05, 3.63) is 12.4 Å². The van der Waals surface area contributed by atoms with Crippen molar-refractivity contribution in [2.24, 2.45) is 0 Å². The molecule has 0 bridgehead atoms. The van der Waals surface area contributed by atoms with Gasteiger partial charge < -0.3 is 5.32 Å². The zero-order valence-corrected chi connectivity index (χ0v) is 9.29. The average Bonchev–Trinajstić information content (AvgIpc) is 2.61. The Labute approximate surface area is 86.5 Å². The smallest absolute Gasteiger partial charge is 0.0726 e. The van der Waals surface area contributed by atoms with E-state index in [9.17, 15) is 0 Å². The average molecular weight is 195 g/mol. The molecule has 0 fully saturated rings. The van der Waals surface area contributed by atoms with E-state index in [1.165, 1.54) is 19.3 Å². The molecule has 0 saturated carbocycles. The molecule has 14 heavy (non-hydrogen) atoms. The van der Waals surface area contributed by atoms with Crippen molar-refractivity contribution < 1.29 is 0 Å². The molecule has 0 saturated heterocycles. The van der Waals surface area contributed by atoms with Gasteiger partial charge in [0.1, 0.15) is 0 Å². The van der Waals surface area contributed by atoms with Crippen LogP contribution < -0.4 is 5.32 Å². The Morgan fingerprint density at radius 3 is 2.86 bits per heavy atom. The lowest BCUT2D eigenvalue weighted by Crippen LogP contribution is -2.00. The summed E-state index contributed by atoms with van der Waals surface area (Å²) in [7, 11) is 0. The highest BCUT2D eigenvalue weighted by atomic mass is 15.3. The lowest BCUT2D eigenvalue weighted by Gasteiger charge is -2.01. The number of unbranched alkanes of at least 4 members (excludes halogenated alkanes) is 2. The first kappa shape index (κ1) is 11.1. The molecule has 0 radical (unpaired) electrons. The van der Waals surface area contributed by atoms with Gasteiger partial charge in [0.2, 0.25) is 0 Å². The molecule has 1 heterocycles. The molecule has 0 unspecified atom stereocenters. The summed E-state index contributed by atoms with van der Waals surface area (Å²) < 4.78 is 1.99. The highest BCUT2D eigenvalue weighted by Gasteiger charge is 1.95. The predicted molar refractivity (Wildman–Crippen MR) is 60.5 cm³/mol. The van der Waals surface area contributed by atoms with Gasteiger partial charge in [-0.1, -0.05) is 26.7 Å². The van der Waals surface area contributed by atoms with Gasteiger partial charge in [-0.05, 0) is 12.8 Å². The summed E-state index contributed by atoms with van der Waals surface area (Å²) in [6.07, 6.45) is 8.94. The molecule has 1 rings (SSSR count). The van der Waals surface area contributed by atoms with Gasteiger partial charge in [-0.2, -0.15) is 5.10 Å². The van der Waals surface area contributed by atoms with E-state index in [1.54, 1.807) is 0 Å². The molecular formula is C11H21N3. The monoisotopic (exact) mass is 195 g/mol. The molecule has 0 aliphatic heterocycles. The van der Waals surface area contributed by atoms with Crippen LogP contribution in [-0.4, -0.2) is 16.3 Å². The summed E-state index contributed by atoms with van der Waals surface area (Å²) >= 11 is 0. The second-order valence-corrected chi connectivity index (χ2v) is 3.63. The van der Waals surface area contributed by atoms with Crippen LogP contribution in [0.2, 0.25) is 0 Å². The van der Waals surface area contributed by atoms with Crippen LogP contribution in [0.25, 0.3) is 0 Å². The van der Waals surface area contributed by atoms with E-state index in [4.69, 9.17) is 0 Å². The van der Waals surface area contributed by atoms with Gasteiger partial charge in [-0.25, -0.2) is 0 Å². The van der Waals surface area contributed by atoms with Gasteiger partial charge in [-0.3, -0.25) is 4.68 Å². The van der Waals surface area contributed by atoms with Crippen molar-refractivity contribution >= 4 is 5.69 Å². The van der Waals surface area contributed by atoms with E-state index in [-0.39, 0.29) is 0 Å². The van der Waals surface area contributed by atoms with Crippen molar-refractivity contribution in [1.29, 1.82) is 0 Å². The van der Waals surface area contributed by atoms with Crippen molar-refractivity contribution in [3.63, 3.8) is 0 Å². The molecule has 0 atom stereocenters. The highest BCUT2D eigenvalue weighted by Crippen LogP contribution is 2.05. The Balaban J connectivity index is 2.22. The first-order valence-electron chi connectivity index (χ1n) is 5.63. The molecule has 1 aromatic rings. The fraction of sp³-hybridized carbons (Fsp3) is 0.727. The summed E-state index contributed by atoms with van der Waals surface area (Å²) in [5, 5.41) is 7.63. The molecule has 0 amide bonds. The van der Waals surface area contributed by atoms with Crippen LogP contribution in [0.15, 0.2) is 12.4 Å². The molecule has 3 heteroatoms. The van der Waals surface area contributed by atoms with E-state index in [2.05, 4.69) is 30.5 Å². The number of aryl methyl sites for hydroxylation is 1. The van der Waals surface area contributed by atoms with Crippen molar-refractivity contribution in [2.75, 3.05) is 11.9 Å². The van der Waals surface area contributed by atoms with E-state index < -0.39 is 0 Å². The summed E-state index contributed by atoms with van der Waals surface area (Å²) in [4.78, 5) is 0. The number of aromatic nitrogens is 2. The number of nitrogens with zero attached hydrogens (tertiary/aromatic N) is 2. The van der Waals surface area contributed by atoms with Gasteiger partial charge in [0.05, 0.1) is 11.9 Å². The van der Waals surface area contributed by atoms with Crippen LogP contribution in [0.3, 0.4) is 0 Å². The number of anilines is 1. The third-order valence-electron chi connectivity index (χ3n) is 2.20. The molecule has 0 aromatic carbocycles. The first-order valence-corrected chi connectivity index (χ1v) is 5.63. The molecule has 0 aliphatic carbocycles. The molecule has 3 nitrogen and oxygen atoms in total. The molecule has 1 aromatic heterocycles. The molecule has 80 valence electrons. The maximum atomic E-state index is 4.26. The highest BCUT2D eigenvalue weighted by molar-refractivity contribution is 5.37. The lowest BCUT2D eigenvalue weighted by atomic mass is 10.2. The quantitative estimate of drug-likeness (QED) is 0.678. The van der Waals surface area contributed by atoms with Crippen LogP contribution in [0.5, 0.6) is 0 Å². The molecular weight excluding hydrogens is 174 g/mol. The van der Waals surface area contributed by atoms with Crippen LogP contribution in [0.4, 0.5) is 5.69 Å². The fourth-order valence-corrected chi connectivity index (χ4v) is 1.41. The second kappa shape index (κ2) is 6.46. The number of hydrogen-bond acceptors (Lipinski definition) is 2. The van der Waals surface area contributed by atoms with Gasteiger partial charge in [0.15, 0.2) is 0 Å². The normalized spacial score (nSPS) is 10.4. The van der Waals surface area contributed by atoms with Gasteiger partial charge in [-0.15, -0.1) is 0 Å². The lowest BCUT2D eigenvalue weighted by molar-refractivity contribution is 0.603. The Bertz CT molecular complexity index is 242. The minimum Gasteiger partial charge on any atom is -0.383 e. The predicted octanol–water partition coefficient (Wildman–Crippen LogP) is 2.90. The Morgan fingerprint density at radius 2 is 2.14 bits per heavy atom. The summed E-state index contributed by atoms with van der Waals surface area (Å²) in [6, 6.07) is 0. The van der Waals surface area contributed by atoms with E-state index >= 15 is 0 Å². The third kappa shape index (κ3) is 3.81. The van der Waals surface area contributed by atoms with Crippen molar-refractivity contribution in [3.8, 4) is 0 Å². The summed E-state index contributed by atoms with van der Waals surface area (Å²) in [6.45, 7) is 6.46. The number of hydrogen-bond donors (Lipinski definition) is 1. The molecule has 0 aliphatic rings. The van der Waals surface area contributed by atoms with Crippen molar-refractivity contribution in [1.82, 2.24) is 9.78 Å². The SMILES string of the molecule is CCCCCNc1cnn(CCC)c1. The standard InChI is InChI=1S/C11H21N3/c1-3-5-6-7-12-11-9-13-14(10-11)8-4-2/h9-10,12H,3-8H2,1-2H3. The molecule has 1 N–H and O–H groups in total. The van der Waals surface area contributed by atoms with Crippen LogP contribution in [-0.2, 0) is 6.54 Å². The topological polar surface area (TPSA) is 29.9 Å². The summed E-state index contributed by atoms with van der Waals surface area (Å²) in [5.41, 5.74) is 1.15.